The van der Waals surface area contributed by atoms with Crippen molar-refractivity contribution < 1.29 is 4.74 Å². The Morgan fingerprint density at radius 2 is 1.62 bits per heavy atom. The van der Waals surface area contributed by atoms with Gasteiger partial charge in [-0.2, -0.15) is 0 Å². The summed E-state index contributed by atoms with van der Waals surface area (Å²) in [6.07, 6.45) is 17.8. The maximum atomic E-state index is 5.89. The van der Waals surface area contributed by atoms with Crippen LogP contribution >= 0.6 is 0 Å². The molecule has 26 heavy (non-hydrogen) atoms. The molecule has 132 valence electrons. The lowest BCUT2D eigenvalue weighted by atomic mass is 10.0. The zero-order valence-corrected chi connectivity index (χ0v) is 15.8. The van der Waals surface area contributed by atoms with Crippen molar-refractivity contribution in [1.82, 2.24) is 0 Å². The summed E-state index contributed by atoms with van der Waals surface area (Å²) in [4.78, 5) is 0. The summed E-state index contributed by atoms with van der Waals surface area (Å²) in [7, 11) is 0. The van der Waals surface area contributed by atoms with Crippen molar-refractivity contribution in [3.05, 3.63) is 126 Å². The normalized spacial score (nSPS) is 16.2. The molecule has 0 fully saturated rings. The first-order chi connectivity index (χ1) is 12.5. The minimum absolute atomic E-state index is 0.831. The summed E-state index contributed by atoms with van der Waals surface area (Å²) in [5.41, 5.74) is 5.69. The molecule has 1 nitrogen and oxygen atoms in total. The molecule has 0 amide bonds. The molecule has 2 radical (unpaired) electrons. The first kappa shape index (κ1) is 19.5. The van der Waals surface area contributed by atoms with E-state index in [0.717, 1.165) is 22.7 Å². The van der Waals surface area contributed by atoms with E-state index in [-0.39, 0.29) is 0 Å². The zero-order chi connectivity index (χ0) is 18.9. The SMILES string of the molecule is C=C1C=C[CH]C(C)=C1OC1=CC=CC(C)=C[CH]1.C=Cc1ccc(C)cc1. The molecule has 0 N–H and O–H groups in total. The van der Waals surface area contributed by atoms with Gasteiger partial charge in [0.05, 0.1) is 0 Å². The summed E-state index contributed by atoms with van der Waals surface area (Å²) < 4.78 is 5.89. The van der Waals surface area contributed by atoms with Crippen molar-refractivity contribution in [2.75, 3.05) is 0 Å². The maximum Gasteiger partial charge on any atom is 0.133 e. The van der Waals surface area contributed by atoms with Gasteiger partial charge in [-0.25, -0.2) is 0 Å². The molecular weight excluding hydrogens is 316 g/mol. The molecule has 1 heteroatoms. The standard InChI is InChI=1S/C16H16O.C9H10/c1-12-6-4-9-15(11-10-12)17-16-13(2)7-5-8-14(16)3;1-3-9-6-4-8(2)5-7-9/h4-11H,2H2,1,3H3;3-7H,1H2,2H3. The molecule has 1 aromatic rings. The Labute approximate surface area is 158 Å². The lowest BCUT2D eigenvalue weighted by molar-refractivity contribution is 0.322. The zero-order valence-electron chi connectivity index (χ0n) is 15.8. The quantitative estimate of drug-likeness (QED) is 0.583. The van der Waals surface area contributed by atoms with Gasteiger partial charge in [-0.1, -0.05) is 85.0 Å². The Hall–Kier alpha value is -2.80. The second kappa shape index (κ2) is 9.62. The van der Waals surface area contributed by atoms with Crippen molar-refractivity contribution in [1.29, 1.82) is 0 Å². The topological polar surface area (TPSA) is 9.23 Å². The van der Waals surface area contributed by atoms with E-state index in [1.165, 1.54) is 16.7 Å². The van der Waals surface area contributed by atoms with Crippen LogP contribution in [0.3, 0.4) is 0 Å². The van der Waals surface area contributed by atoms with Crippen molar-refractivity contribution in [2.45, 2.75) is 20.8 Å². The van der Waals surface area contributed by atoms with Gasteiger partial charge in [0.15, 0.2) is 0 Å². The average molecular weight is 342 g/mol. The van der Waals surface area contributed by atoms with Crippen molar-refractivity contribution in [2.24, 2.45) is 0 Å². The molecule has 1 aromatic carbocycles. The van der Waals surface area contributed by atoms with Gasteiger partial charge in [0.25, 0.3) is 0 Å². The van der Waals surface area contributed by atoms with Crippen LogP contribution < -0.4 is 0 Å². The molecule has 0 spiro atoms. The molecule has 0 saturated heterocycles. The Kier molecular flexibility index (Phi) is 7.23. The van der Waals surface area contributed by atoms with E-state index in [1.807, 2.05) is 56.2 Å². The van der Waals surface area contributed by atoms with E-state index in [9.17, 15) is 0 Å². The van der Waals surface area contributed by atoms with Gasteiger partial charge in [0.1, 0.15) is 11.5 Å². The molecule has 0 atom stereocenters. The Morgan fingerprint density at radius 3 is 2.27 bits per heavy atom. The van der Waals surface area contributed by atoms with Gasteiger partial charge in [-0.15, -0.1) is 0 Å². The first-order valence-electron chi connectivity index (χ1n) is 8.68. The molecule has 3 rings (SSSR count). The monoisotopic (exact) mass is 342 g/mol. The number of hydrogen-bond donors (Lipinski definition) is 0. The fourth-order valence-corrected chi connectivity index (χ4v) is 2.37. The van der Waals surface area contributed by atoms with Crippen LogP contribution in [0.25, 0.3) is 6.08 Å². The molecule has 0 bridgehead atoms. The largest absolute Gasteiger partial charge is 0.460 e. The van der Waals surface area contributed by atoms with Gasteiger partial charge in [-0.3, -0.25) is 0 Å². The summed E-state index contributed by atoms with van der Waals surface area (Å²) in [6, 6.07) is 8.28. The van der Waals surface area contributed by atoms with Crippen LogP contribution in [0.4, 0.5) is 0 Å². The lowest BCUT2D eigenvalue weighted by Crippen LogP contribution is -2.01. The predicted molar refractivity (Wildman–Crippen MR) is 113 cm³/mol. The Morgan fingerprint density at radius 1 is 0.885 bits per heavy atom. The summed E-state index contributed by atoms with van der Waals surface area (Å²) >= 11 is 0. The molecule has 0 unspecified atom stereocenters. The van der Waals surface area contributed by atoms with E-state index < -0.39 is 0 Å². The van der Waals surface area contributed by atoms with E-state index >= 15 is 0 Å². The third-order valence-electron chi connectivity index (χ3n) is 3.96. The third-order valence-corrected chi connectivity index (χ3v) is 3.96. The minimum atomic E-state index is 0.831. The van der Waals surface area contributed by atoms with E-state index in [0.29, 0.717) is 0 Å². The molecular formula is C25H26O. The van der Waals surface area contributed by atoms with Crippen molar-refractivity contribution >= 4 is 6.08 Å². The van der Waals surface area contributed by atoms with Gasteiger partial charge >= 0.3 is 0 Å². The van der Waals surface area contributed by atoms with Crippen LogP contribution in [0.15, 0.2) is 102 Å². The van der Waals surface area contributed by atoms with Crippen molar-refractivity contribution in [3.8, 4) is 0 Å². The van der Waals surface area contributed by atoms with Gasteiger partial charge in [0.2, 0.25) is 0 Å². The second-order valence-electron chi connectivity index (χ2n) is 6.29. The predicted octanol–water partition coefficient (Wildman–Crippen LogP) is 6.85. The van der Waals surface area contributed by atoms with Crippen LogP contribution in [-0.2, 0) is 4.74 Å². The molecule has 0 aliphatic heterocycles. The summed E-state index contributed by atoms with van der Waals surface area (Å²) in [6.45, 7) is 13.8. The van der Waals surface area contributed by atoms with Gasteiger partial charge in [0, 0.05) is 18.4 Å². The maximum absolute atomic E-state index is 5.89. The Bertz CT molecular complexity index is 805. The van der Waals surface area contributed by atoms with Crippen molar-refractivity contribution in [3.63, 3.8) is 0 Å². The lowest BCUT2D eigenvalue weighted by Gasteiger charge is -2.17. The van der Waals surface area contributed by atoms with Gasteiger partial charge in [-0.05, 0) is 38.0 Å². The minimum Gasteiger partial charge on any atom is -0.460 e. The first-order valence-corrected chi connectivity index (χ1v) is 8.68. The fourth-order valence-electron chi connectivity index (χ4n) is 2.37. The second-order valence-corrected chi connectivity index (χ2v) is 6.29. The third kappa shape index (κ3) is 5.93. The number of hydrogen-bond acceptors (Lipinski definition) is 1. The van der Waals surface area contributed by atoms with E-state index in [2.05, 4.69) is 57.3 Å². The highest BCUT2D eigenvalue weighted by Crippen LogP contribution is 2.27. The molecule has 2 aliphatic rings. The number of rotatable bonds is 3. The Balaban J connectivity index is 0.000000228. The van der Waals surface area contributed by atoms with Crippen LogP contribution in [-0.4, -0.2) is 0 Å². The molecule has 0 aromatic heterocycles. The molecule has 2 aliphatic carbocycles. The van der Waals surface area contributed by atoms with Crippen LogP contribution in [0.2, 0.25) is 0 Å². The summed E-state index contributed by atoms with van der Waals surface area (Å²) in [5, 5.41) is 0. The smallest absolute Gasteiger partial charge is 0.133 e. The van der Waals surface area contributed by atoms with E-state index in [4.69, 9.17) is 4.74 Å². The number of allylic oxidation sites excluding steroid dienone is 8. The highest BCUT2D eigenvalue weighted by atomic mass is 16.5. The molecule has 0 saturated carbocycles. The number of ether oxygens (including phenoxy) is 1. The van der Waals surface area contributed by atoms with Crippen LogP contribution in [0, 0.1) is 19.8 Å². The fraction of sp³-hybridized carbons (Fsp3) is 0.120. The highest BCUT2D eigenvalue weighted by Gasteiger charge is 2.12. The average Bonchev–Trinajstić information content (AvgIpc) is 2.84. The number of benzene rings is 1. The van der Waals surface area contributed by atoms with Gasteiger partial charge < -0.3 is 4.74 Å². The summed E-state index contributed by atoms with van der Waals surface area (Å²) in [5.74, 6) is 1.67. The highest BCUT2D eigenvalue weighted by molar-refractivity contribution is 5.48. The van der Waals surface area contributed by atoms with Crippen LogP contribution in [0.1, 0.15) is 25.0 Å². The number of aryl methyl sites for hydroxylation is 1. The van der Waals surface area contributed by atoms with E-state index in [1.54, 1.807) is 0 Å². The van der Waals surface area contributed by atoms with Crippen LogP contribution in [0.5, 0.6) is 0 Å². The molecule has 0 heterocycles.